The van der Waals surface area contributed by atoms with Crippen LogP contribution in [0.15, 0.2) is 12.2 Å². The SMILES string of the molecule is CCCCCCCC/C=C/CCCCCCCC(=O)O[C@H]1COCC[C@H]1OP(=O)([O-])O.[Na+]. The van der Waals surface area contributed by atoms with Gasteiger partial charge in [0.25, 0.3) is 7.82 Å². The van der Waals surface area contributed by atoms with Gasteiger partial charge in [0, 0.05) is 19.4 Å². The summed E-state index contributed by atoms with van der Waals surface area (Å²) >= 11 is 0. The van der Waals surface area contributed by atoms with Gasteiger partial charge in [-0.05, 0) is 32.1 Å². The first-order valence-electron chi connectivity index (χ1n) is 12.1. The molecule has 7 nitrogen and oxygen atoms in total. The molecule has 1 rings (SSSR count). The van der Waals surface area contributed by atoms with Crippen molar-refractivity contribution >= 4 is 13.8 Å². The molecule has 182 valence electrons. The summed E-state index contributed by atoms with van der Waals surface area (Å²) < 4.78 is 26.1. The Hall–Kier alpha value is 0.280. The third-order valence-corrected chi connectivity index (χ3v) is 5.97. The molecule has 0 radical (unpaired) electrons. The van der Waals surface area contributed by atoms with Gasteiger partial charge < -0.3 is 23.8 Å². The van der Waals surface area contributed by atoms with Crippen molar-refractivity contribution in [1.82, 2.24) is 0 Å². The van der Waals surface area contributed by atoms with E-state index < -0.39 is 20.0 Å². The van der Waals surface area contributed by atoms with Crippen molar-refractivity contribution in [3.63, 3.8) is 0 Å². The molecule has 1 aliphatic heterocycles. The summed E-state index contributed by atoms with van der Waals surface area (Å²) in [5, 5.41) is 0. The van der Waals surface area contributed by atoms with E-state index in [1.54, 1.807) is 0 Å². The summed E-state index contributed by atoms with van der Waals surface area (Å²) in [6.45, 7) is 2.61. The van der Waals surface area contributed by atoms with Crippen LogP contribution in [0.5, 0.6) is 0 Å². The van der Waals surface area contributed by atoms with Crippen molar-refractivity contribution in [3.05, 3.63) is 12.2 Å². The van der Waals surface area contributed by atoms with Gasteiger partial charge in [0.2, 0.25) is 0 Å². The molecule has 0 aromatic carbocycles. The average Bonchev–Trinajstić information content (AvgIpc) is 2.71. The molecule has 0 saturated carbocycles. The van der Waals surface area contributed by atoms with Crippen molar-refractivity contribution in [3.8, 4) is 0 Å². The minimum atomic E-state index is -4.87. The number of phosphoric ester groups is 1. The van der Waals surface area contributed by atoms with E-state index >= 15 is 0 Å². The number of allylic oxidation sites excluding steroid dienone is 2. The number of carbonyl (C=O) groups excluding carboxylic acids is 1. The van der Waals surface area contributed by atoms with Gasteiger partial charge in [0.15, 0.2) is 6.10 Å². The van der Waals surface area contributed by atoms with Crippen LogP contribution in [-0.2, 0) is 23.4 Å². The molecule has 1 saturated heterocycles. The van der Waals surface area contributed by atoms with Crippen LogP contribution in [0.2, 0.25) is 0 Å². The Morgan fingerprint density at radius 3 is 2.16 bits per heavy atom. The molecule has 1 aliphatic rings. The fourth-order valence-electron chi connectivity index (χ4n) is 3.66. The standard InChI is InChI=1S/C23H43O7P.Na/c1-2-3-4-5-6-7-8-9-10-11-12-13-14-15-16-17-23(24)29-22-20-28-19-18-21(22)30-31(25,26)27;/h9-10,21-22H,2-8,11-20H2,1H3,(H2,25,26,27);/q;+1/p-1/b10-9+;/t21-,22+;/m1./s1. The third-order valence-electron chi connectivity index (χ3n) is 5.44. The molecule has 3 atom stereocenters. The minimum Gasteiger partial charge on any atom is -0.756 e. The molecule has 1 heterocycles. The van der Waals surface area contributed by atoms with Crippen LogP contribution in [0.25, 0.3) is 0 Å². The quantitative estimate of drug-likeness (QED) is 0.105. The van der Waals surface area contributed by atoms with Crippen LogP contribution in [0.3, 0.4) is 0 Å². The summed E-state index contributed by atoms with van der Waals surface area (Å²) in [6.07, 6.45) is 18.9. The molecule has 0 bridgehead atoms. The van der Waals surface area contributed by atoms with E-state index in [4.69, 9.17) is 14.4 Å². The van der Waals surface area contributed by atoms with E-state index in [1.165, 1.54) is 51.4 Å². The number of rotatable bonds is 18. The van der Waals surface area contributed by atoms with Crippen LogP contribution in [0.1, 0.15) is 103 Å². The molecule has 1 unspecified atom stereocenters. The normalized spacial score (nSPS) is 20.6. The summed E-state index contributed by atoms with van der Waals surface area (Å²) in [5.74, 6) is -0.389. The number of hydrogen-bond donors (Lipinski definition) is 1. The van der Waals surface area contributed by atoms with E-state index in [1.807, 2.05) is 0 Å². The molecular weight excluding hydrogens is 442 g/mol. The Balaban J connectivity index is 0.00000961. The maximum atomic E-state index is 12.0. The maximum Gasteiger partial charge on any atom is 1.00 e. The minimum absolute atomic E-state index is 0. The van der Waals surface area contributed by atoms with Crippen LogP contribution >= 0.6 is 7.82 Å². The maximum absolute atomic E-state index is 12.0. The van der Waals surface area contributed by atoms with E-state index in [-0.39, 0.29) is 55.0 Å². The van der Waals surface area contributed by atoms with Gasteiger partial charge >= 0.3 is 35.5 Å². The van der Waals surface area contributed by atoms with Gasteiger partial charge in [0.1, 0.15) is 6.10 Å². The Labute approximate surface area is 216 Å². The topological polar surface area (TPSA) is 105 Å². The molecule has 1 fully saturated rings. The average molecular weight is 485 g/mol. The Kier molecular flexibility index (Phi) is 20.8. The van der Waals surface area contributed by atoms with Gasteiger partial charge in [-0.3, -0.25) is 9.36 Å². The number of carbonyl (C=O) groups is 1. The third kappa shape index (κ3) is 18.7. The monoisotopic (exact) mass is 484 g/mol. The number of esters is 1. The number of hydrogen-bond acceptors (Lipinski definition) is 6. The number of ether oxygens (including phenoxy) is 2. The van der Waals surface area contributed by atoms with E-state index in [9.17, 15) is 14.3 Å². The largest absolute Gasteiger partial charge is 1.00 e. The second-order valence-corrected chi connectivity index (χ2v) is 9.49. The van der Waals surface area contributed by atoms with Crippen molar-refractivity contribution in [2.75, 3.05) is 13.2 Å². The molecule has 0 aliphatic carbocycles. The molecule has 9 heteroatoms. The van der Waals surface area contributed by atoms with E-state index in [2.05, 4.69) is 23.6 Å². The molecule has 0 aromatic heterocycles. The van der Waals surface area contributed by atoms with Crippen molar-refractivity contribution in [2.45, 2.75) is 115 Å². The van der Waals surface area contributed by atoms with Crippen molar-refractivity contribution in [1.29, 1.82) is 0 Å². The fraction of sp³-hybridized carbons (Fsp3) is 0.870. The molecule has 0 aromatic rings. The predicted octanol–water partition coefficient (Wildman–Crippen LogP) is 2.21. The van der Waals surface area contributed by atoms with E-state index in [0.717, 1.165) is 32.1 Å². The van der Waals surface area contributed by atoms with Crippen LogP contribution in [0.4, 0.5) is 0 Å². The molecule has 0 spiro atoms. The van der Waals surface area contributed by atoms with Gasteiger partial charge in [-0.25, -0.2) is 0 Å². The first-order valence-corrected chi connectivity index (χ1v) is 13.6. The van der Waals surface area contributed by atoms with Gasteiger partial charge in [-0.1, -0.05) is 70.4 Å². The summed E-state index contributed by atoms with van der Waals surface area (Å²) in [5.41, 5.74) is 0. The fourth-order valence-corrected chi connectivity index (χ4v) is 4.24. The summed E-state index contributed by atoms with van der Waals surface area (Å²) in [7, 11) is -4.87. The van der Waals surface area contributed by atoms with Crippen LogP contribution in [0, 0.1) is 0 Å². The molecular formula is C23H42NaO7P. The number of unbranched alkanes of at least 4 members (excludes halogenated alkanes) is 11. The van der Waals surface area contributed by atoms with Gasteiger partial charge in [-0.15, -0.1) is 0 Å². The Bertz CT molecular complexity index is 538. The Morgan fingerprint density at radius 2 is 1.56 bits per heavy atom. The number of phosphoric acid groups is 1. The zero-order valence-corrected chi connectivity index (χ0v) is 23.1. The molecule has 32 heavy (non-hydrogen) atoms. The van der Waals surface area contributed by atoms with Crippen molar-refractivity contribution < 1.29 is 62.7 Å². The first-order chi connectivity index (χ1) is 14.9. The molecule has 0 amide bonds. The second kappa shape index (κ2) is 20.6. The zero-order chi connectivity index (χ0) is 22.8. The van der Waals surface area contributed by atoms with Gasteiger partial charge in [0.05, 0.1) is 6.61 Å². The van der Waals surface area contributed by atoms with Crippen LogP contribution in [-0.4, -0.2) is 36.3 Å². The van der Waals surface area contributed by atoms with Crippen molar-refractivity contribution in [2.24, 2.45) is 0 Å². The molecule has 1 N–H and O–H groups in total. The van der Waals surface area contributed by atoms with Gasteiger partial charge in [-0.2, -0.15) is 0 Å². The van der Waals surface area contributed by atoms with E-state index in [0.29, 0.717) is 6.61 Å². The second-order valence-electron chi connectivity index (χ2n) is 8.34. The Morgan fingerprint density at radius 1 is 1.00 bits per heavy atom. The summed E-state index contributed by atoms with van der Waals surface area (Å²) in [4.78, 5) is 31.8. The van der Waals surface area contributed by atoms with Crippen LogP contribution < -0.4 is 34.5 Å². The smallest absolute Gasteiger partial charge is 0.756 e. The predicted molar refractivity (Wildman–Crippen MR) is 119 cm³/mol. The summed E-state index contributed by atoms with van der Waals surface area (Å²) in [6, 6.07) is 0. The first kappa shape index (κ1) is 32.3. The zero-order valence-electron chi connectivity index (χ0n) is 20.2.